The SMILES string of the molecule is CO[C@H]1c2ccccc2OC[C@@H]1NC(=O)C(c1ccc(F)cc1F)n1ccccc1=O. The summed E-state index contributed by atoms with van der Waals surface area (Å²) in [5, 5.41) is 2.82. The van der Waals surface area contributed by atoms with Crippen molar-refractivity contribution in [3.05, 3.63) is 100.0 Å². The van der Waals surface area contributed by atoms with E-state index < -0.39 is 41.3 Å². The minimum atomic E-state index is -1.34. The van der Waals surface area contributed by atoms with Crippen LogP contribution in [0.5, 0.6) is 5.75 Å². The van der Waals surface area contributed by atoms with E-state index in [1.54, 1.807) is 12.1 Å². The Balaban J connectivity index is 1.70. The zero-order valence-electron chi connectivity index (χ0n) is 16.6. The summed E-state index contributed by atoms with van der Waals surface area (Å²) in [5.74, 6) is -1.70. The van der Waals surface area contributed by atoms with Gasteiger partial charge in [-0.1, -0.05) is 30.3 Å². The van der Waals surface area contributed by atoms with Gasteiger partial charge in [0.25, 0.3) is 5.56 Å². The largest absolute Gasteiger partial charge is 0.491 e. The molecule has 0 aliphatic carbocycles. The number of para-hydroxylation sites is 1. The lowest BCUT2D eigenvalue weighted by atomic mass is 9.97. The maximum Gasteiger partial charge on any atom is 0.251 e. The summed E-state index contributed by atoms with van der Waals surface area (Å²) in [7, 11) is 1.52. The fraction of sp³-hybridized carbons (Fsp3) is 0.217. The molecule has 6 nitrogen and oxygen atoms in total. The smallest absolute Gasteiger partial charge is 0.251 e. The molecule has 1 aliphatic heterocycles. The molecule has 1 amide bonds. The number of ether oxygens (including phenoxy) is 2. The van der Waals surface area contributed by atoms with Crippen LogP contribution in [0.3, 0.4) is 0 Å². The first kappa shape index (κ1) is 20.7. The molecule has 31 heavy (non-hydrogen) atoms. The number of amides is 1. The lowest BCUT2D eigenvalue weighted by Crippen LogP contribution is -2.49. The Hall–Kier alpha value is -3.52. The van der Waals surface area contributed by atoms with Crippen molar-refractivity contribution >= 4 is 5.91 Å². The monoisotopic (exact) mass is 426 g/mol. The van der Waals surface area contributed by atoms with E-state index in [0.29, 0.717) is 11.8 Å². The highest BCUT2D eigenvalue weighted by Gasteiger charge is 2.35. The van der Waals surface area contributed by atoms with Gasteiger partial charge in [-0.3, -0.25) is 14.2 Å². The summed E-state index contributed by atoms with van der Waals surface area (Å²) in [5.41, 5.74) is 0.140. The number of pyridine rings is 1. The van der Waals surface area contributed by atoms with E-state index in [1.165, 1.54) is 25.4 Å². The molecule has 1 aliphatic rings. The van der Waals surface area contributed by atoms with Crippen molar-refractivity contribution in [2.75, 3.05) is 13.7 Å². The highest BCUT2D eigenvalue weighted by atomic mass is 19.1. The Bertz CT molecular complexity index is 1160. The van der Waals surface area contributed by atoms with Crippen molar-refractivity contribution in [3.63, 3.8) is 0 Å². The van der Waals surface area contributed by atoms with Crippen LogP contribution in [-0.4, -0.2) is 30.2 Å². The number of benzene rings is 2. The van der Waals surface area contributed by atoms with Gasteiger partial charge in [0.2, 0.25) is 5.91 Å². The van der Waals surface area contributed by atoms with Crippen LogP contribution in [0.2, 0.25) is 0 Å². The lowest BCUT2D eigenvalue weighted by molar-refractivity contribution is -0.126. The van der Waals surface area contributed by atoms with Gasteiger partial charge in [-0.2, -0.15) is 0 Å². The standard InChI is InChI=1S/C23H20F2N2O4/c1-30-22-16-6-2-3-7-19(16)31-13-18(22)26-23(29)21(27-11-5-4-8-20(27)28)15-10-9-14(24)12-17(15)25/h2-12,18,21-22H,13H2,1H3,(H,26,29)/t18-,21?,22-/m0/s1. The molecule has 0 saturated carbocycles. The second-order valence-corrected chi connectivity index (χ2v) is 7.13. The van der Waals surface area contributed by atoms with E-state index in [9.17, 15) is 18.4 Å². The molecule has 2 aromatic carbocycles. The number of nitrogens with one attached hydrogen (secondary N) is 1. The predicted molar refractivity (Wildman–Crippen MR) is 109 cm³/mol. The van der Waals surface area contributed by atoms with Crippen LogP contribution in [-0.2, 0) is 9.53 Å². The molecule has 3 atom stereocenters. The van der Waals surface area contributed by atoms with Crippen molar-refractivity contribution in [3.8, 4) is 5.75 Å². The van der Waals surface area contributed by atoms with Gasteiger partial charge in [0.05, 0.1) is 6.04 Å². The van der Waals surface area contributed by atoms with Crippen molar-refractivity contribution in [2.24, 2.45) is 0 Å². The number of aromatic nitrogens is 1. The summed E-state index contributed by atoms with van der Waals surface area (Å²) in [4.78, 5) is 25.8. The second-order valence-electron chi connectivity index (χ2n) is 7.13. The number of hydrogen-bond donors (Lipinski definition) is 1. The molecule has 2 heterocycles. The fourth-order valence-electron chi connectivity index (χ4n) is 3.79. The molecule has 0 fully saturated rings. The third-order valence-corrected chi connectivity index (χ3v) is 5.23. The third kappa shape index (κ3) is 4.06. The van der Waals surface area contributed by atoms with Gasteiger partial charge in [0, 0.05) is 36.6 Å². The minimum Gasteiger partial charge on any atom is -0.491 e. The molecule has 1 aromatic heterocycles. The Morgan fingerprint density at radius 1 is 1.16 bits per heavy atom. The lowest BCUT2D eigenvalue weighted by Gasteiger charge is -2.34. The summed E-state index contributed by atoms with van der Waals surface area (Å²) in [6, 6.07) is 12.6. The van der Waals surface area contributed by atoms with Crippen LogP contribution in [0.25, 0.3) is 0 Å². The number of halogens is 2. The van der Waals surface area contributed by atoms with E-state index in [2.05, 4.69) is 5.32 Å². The zero-order chi connectivity index (χ0) is 22.0. The topological polar surface area (TPSA) is 69.6 Å². The average Bonchev–Trinajstić information content (AvgIpc) is 2.76. The van der Waals surface area contributed by atoms with E-state index in [-0.39, 0.29) is 12.2 Å². The molecule has 160 valence electrons. The minimum absolute atomic E-state index is 0.127. The van der Waals surface area contributed by atoms with E-state index in [4.69, 9.17) is 9.47 Å². The molecule has 1 unspecified atom stereocenters. The summed E-state index contributed by atoms with van der Waals surface area (Å²) in [6.45, 7) is 0.129. The highest BCUT2D eigenvalue weighted by molar-refractivity contribution is 5.84. The Labute approximate surface area is 177 Å². The molecular weight excluding hydrogens is 406 g/mol. The van der Waals surface area contributed by atoms with E-state index >= 15 is 0 Å². The number of carbonyl (C=O) groups excluding carboxylic acids is 1. The summed E-state index contributed by atoms with van der Waals surface area (Å²) in [6.07, 6.45) is 0.885. The molecule has 1 N–H and O–H groups in total. The van der Waals surface area contributed by atoms with Crippen molar-refractivity contribution < 1.29 is 23.0 Å². The Morgan fingerprint density at radius 3 is 2.68 bits per heavy atom. The molecule has 0 spiro atoms. The van der Waals surface area contributed by atoms with Crippen LogP contribution < -0.4 is 15.6 Å². The van der Waals surface area contributed by atoms with Gasteiger partial charge in [-0.25, -0.2) is 8.78 Å². The number of hydrogen-bond acceptors (Lipinski definition) is 4. The van der Waals surface area contributed by atoms with Crippen molar-refractivity contribution in [1.29, 1.82) is 0 Å². The summed E-state index contributed by atoms with van der Waals surface area (Å²) < 4.78 is 40.5. The van der Waals surface area contributed by atoms with Crippen LogP contribution in [0.1, 0.15) is 23.3 Å². The van der Waals surface area contributed by atoms with E-state index in [0.717, 1.165) is 22.3 Å². The molecule has 3 aromatic rings. The maximum absolute atomic E-state index is 14.6. The predicted octanol–water partition coefficient (Wildman–Crippen LogP) is 2.98. The number of rotatable bonds is 5. The molecular formula is C23H20F2N2O4. The van der Waals surface area contributed by atoms with Gasteiger partial charge in [0.1, 0.15) is 36.1 Å². The third-order valence-electron chi connectivity index (χ3n) is 5.23. The van der Waals surface area contributed by atoms with Gasteiger partial charge < -0.3 is 14.8 Å². The van der Waals surface area contributed by atoms with Crippen molar-refractivity contribution in [2.45, 2.75) is 18.2 Å². The Kier molecular flexibility index (Phi) is 5.81. The zero-order valence-corrected chi connectivity index (χ0v) is 16.6. The molecule has 0 bridgehead atoms. The fourth-order valence-corrected chi connectivity index (χ4v) is 3.79. The van der Waals surface area contributed by atoms with Crippen LogP contribution in [0.15, 0.2) is 71.7 Å². The first-order valence-electron chi connectivity index (χ1n) is 9.66. The molecule has 4 rings (SSSR count). The van der Waals surface area contributed by atoms with Gasteiger partial charge in [-0.05, 0) is 18.2 Å². The first-order valence-corrected chi connectivity index (χ1v) is 9.66. The molecule has 0 radical (unpaired) electrons. The van der Waals surface area contributed by atoms with Gasteiger partial charge >= 0.3 is 0 Å². The molecule has 0 saturated heterocycles. The number of nitrogens with zero attached hydrogens (tertiary/aromatic N) is 1. The van der Waals surface area contributed by atoms with Gasteiger partial charge in [-0.15, -0.1) is 0 Å². The number of methoxy groups -OCH3 is 1. The number of carbonyl (C=O) groups is 1. The van der Waals surface area contributed by atoms with Gasteiger partial charge in [0.15, 0.2) is 0 Å². The van der Waals surface area contributed by atoms with Crippen molar-refractivity contribution in [1.82, 2.24) is 9.88 Å². The van der Waals surface area contributed by atoms with Crippen LogP contribution in [0, 0.1) is 11.6 Å². The first-order chi connectivity index (χ1) is 15.0. The maximum atomic E-state index is 14.6. The summed E-state index contributed by atoms with van der Waals surface area (Å²) >= 11 is 0. The second kappa shape index (κ2) is 8.69. The van der Waals surface area contributed by atoms with E-state index in [1.807, 2.05) is 18.2 Å². The normalized spacial score (nSPS) is 18.5. The molecule has 8 heteroatoms. The highest BCUT2D eigenvalue weighted by Crippen LogP contribution is 2.34. The average molecular weight is 426 g/mol. The number of fused-ring (bicyclic) bond motifs is 1. The Morgan fingerprint density at radius 2 is 1.94 bits per heavy atom. The van der Waals surface area contributed by atoms with Crippen LogP contribution in [0.4, 0.5) is 8.78 Å². The quantitative estimate of drug-likeness (QED) is 0.681. The van der Waals surface area contributed by atoms with Crippen LogP contribution >= 0.6 is 0 Å².